The van der Waals surface area contributed by atoms with Gasteiger partial charge in [0.15, 0.2) is 17.3 Å². The van der Waals surface area contributed by atoms with Crippen LogP contribution in [0.25, 0.3) is 5.57 Å². The lowest BCUT2D eigenvalue weighted by atomic mass is 9.84. The predicted octanol–water partition coefficient (Wildman–Crippen LogP) is 2.64. The number of carbonyl (C=O) groups excluding carboxylic acids is 2. The summed E-state index contributed by atoms with van der Waals surface area (Å²) >= 11 is 0. The summed E-state index contributed by atoms with van der Waals surface area (Å²) in [4.78, 5) is 25.9. The molecule has 1 N–H and O–H groups in total. The van der Waals surface area contributed by atoms with Crippen molar-refractivity contribution >= 4 is 17.3 Å². The lowest BCUT2D eigenvalue weighted by Crippen LogP contribution is -2.53. The van der Waals surface area contributed by atoms with Gasteiger partial charge >= 0.3 is 5.97 Å². The first-order valence-corrected chi connectivity index (χ1v) is 8.74. The highest BCUT2D eigenvalue weighted by atomic mass is 16.6. The fourth-order valence-corrected chi connectivity index (χ4v) is 3.41. The van der Waals surface area contributed by atoms with E-state index in [4.69, 9.17) is 18.9 Å². The van der Waals surface area contributed by atoms with Gasteiger partial charge in [0.25, 0.3) is 0 Å². The van der Waals surface area contributed by atoms with Crippen LogP contribution in [0.2, 0.25) is 0 Å². The molecule has 1 aromatic carbocycles. The summed E-state index contributed by atoms with van der Waals surface area (Å²) < 4.78 is 21.8. The number of esters is 1. The van der Waals surface area contributed by atoms with Crippen molar-refractivity contribution in [2.24, 2.45) is 0 Å². The standard InChI is InChI=1S/C20H24O7/c1-19(2,3)27-18(23)20-13(10-12(26-20)6-7-16(20)21)11-8-14(24-4)17(22)15(9-11)25-5/h8-10,12,22H,6-7H2,1-5H3/t12-,20-/m0/s1. The summed E-state index contributed by atoms with van der Waals surface area (Å²) in [6, 6.07) is 3.10. The highest BCUT2D eigenvalue weighted by Gasteiger charge is 2.59. The quantitative estimate of drug-likeness (QED) is 0.638. The summed E-state index contributed by atoms with van der Waals surface area (Å²) in [5.74, 6) is -0.914. The topological polar surface area (TPSA) is 91.3 Å². The van der Waals surface area contributed by atoms with Crippen LogP contribution in [0, 0.1) is 0 Å². The number of benzene rings is 1. The van der Waals surface area contributed by atoms with Crippen LogP contribution in [-0.4, -0.2) is 48.4 Å². The lowest BCUT2D eigenvalue weighted by molar-refractivity contribution is -0.184. The third kappa shape index (κ3) is 3.16. The number of carbonyl (C=O) groups is 2. The second kappa shape index (κ2) is 6.56. The number of aromatic hydroxyl groups is 1. The van der Waals surface area contributed by atoms with E-state index in [9.17, 15) is 14.7 Å². The maximum absolute atomic E-state index is 13.0. The fraction of sp³-hybridized carbons (Fsp3) is 0.500. The molecule has 1 fully saturated rings. The number of rotatable bonds is 4. The molecule has 0 amide bonds. The largest absolute Gasteiger partial charge is 0.502 e. The summed E-state index contributed by atoms with van der Waals surface area (Å²) in [6.45, 7) is 5.20. The van der Waals surface area contributed by atoms with Crippen LogP contribution in [0.15, 0.2) is 18.2 Å². The molecule has 1 aromatic rings. The number of ether oxygens (including phenoxy) is 4. The molecule has 2 heterocycles. The Morgan fingerprint density at radius 3 is 2.33 bits per heavy atom. The Balaban J connectivity index is 2.15. The maximum Gasteiger partial charge on any atom is 0.351 e. The average Bonchev–Trinajstić information content (AvgIpc) is 2.93. The average molecular weight is 376 g/mol. The second-order valence-electron chi connectivity index (χ2n) is 7.61. The predicted molar refractivity (Wildman–Crippen MR) is 96.9 cm³/mol. The van der Waals surface area contributed by atoms with Gasteiger partial charge in [-0.1, -0.05) is 0 Å². The van der Waals surface area contributed by atoms with Gasteiger partial charge in [0.2, 0.25) is 11.4 Å². The van der Waals surface area contributed by atoms with Crippen molar-refractivity contribution in [1.29, 1.82) is 0 Å². The zero-order chi connectivity index (χ0) is 20.0. The molecule has 2 bridgehead atoms. The van der Waals surface area contributed by atoms with Crippen molar-refractivity contribution in [2.75, 3.05) is 14.2 Å². The summed E-state index contributed by atoms with van der Waals surface area (Å²) in [6.07, 6.45) is 2.12. The van der Waals surface area contributed by atoms with Gasteiger partial charge in [-0.25, -0.2) is 4.79 Å². The molecular weight excluding hydrogens is 352 g/mol. The van der Waals surface area contributed by atoms with E-state index in [1.165, 1.54) is 14.2 Å². The molecule has 0 spiro atoms. The van der Waals surface area contributed by atoms with Gasteiger partial charge < -0.3 is 24.1 Å². The van der Waals surface area contributed by atoms with E-state index in [0.717, 1.165) is 0 Å². The second-order valence-corrected chi connectivity index (χ2v) is 7.61. The number of phenolic OH excluding ortho intramolecular Hbond substituents is 1. The molecule has 0 unspecified atom stereocenters. The SMILES string of the molecule is COc1cc(C2=C[C@@H]3CCC(=O)[C@@]2(C(=O)OC(C)(C)C)O3)cc(OC)c1O. The highest BCUT2D eigenvalue weighted by molar-refractivity contribution is 6.20. The van der Waals surface area contributed by atoms with Crippen molar-refractivity contribution < 1.29 is 33.6 Å². The normalized spacial score (nSPS) is 24.4. The van der Waals surface area contributed by atoms with Gasteiger partial charge in [-0.05, 0) is 51.0 Å². The summed E-state index contributed by atoms with van der Waals surface area (Å²) in [5.41, 5.74) is -1.71. The first kappa shape index (κ1) is 19.2. The summed E-state index contributed by atoms with van der Waals surface area (Å²) in [5, 5.41) is 10.2. The zero-order valence-electron chi connectivity index (χ0n) is 16.1. The van der Waals surface area contributed by atoms with Crippen LogP contribution in [-0.2, 0) is 19.1 Å². The molecule has 3 rings (SSSR count). The van der Waals surface area contributed by atoms with Crippen molar-refractivity contribution in [3.63, 3.8) is 0 Å². The molecule has 0 aliphatic carbocycles. The number of hydrogen-bond acceptors (Lipinski definition) is 7. The minimum absolute atomic E-state index is 0.163. The van der Waals surface area contributed by atoms with E-state index in [1.54, 1.807) is 39.0 Å². The number of phenols is 1. The molecular formula is C20H24O7. The van der Waals surface area contributed by atoms with Crippen LogP contribution < -0.4 is 9.47 Å². The fourth-order valence-electron chi connectivity index (χ4n) is 3.41. The number of methoxy groups -OCH3 is 2. The van der Waals surface area contributed by atoms with Crippen LogP contribution in [0.4, 0.5) is 0 Å². The van der Waals surface area contributed by atoms with Crippen LogP contribution in [0.1, 0.15) is 39.2 Å². The number of fused-ring (bicyclic) bond motifs is 2. The van der Waals surface area contributed by atoms with E-state index in [0.29, 0.717) is 17.6 Å². The van der Waals surface area contributed by atoms with Crippen molar-refractivity contribution in [1.82, 2.24) is 0 Å². The van der Waals surface area contributed by atoms with Gasteiger partial charge in [0, 0.05) is 12.0 Å². The number of Topliss-reactive ketones (excluding diaryl/α,β-unsaturated/α-hetero) is 1. The Hall–Kier alpha value is -2.54. The van der Waals surface area contributed by atoms with E-state index < -0.39 is 17.2 Å². The van der Waals surface area contributed by atoms with Gasteiger partial charge in [-0.3, -0.25) is 4.79 Å². The third-order valence-electron chi connectivity index (χ3n) is 4.59. The molecule has 7 nitrogen and oxygen atoms in total. The molecule has 7 heteroatoms. The number of ketones is 1. The molecule has 0 saturated carbocycles. The molecule has 146 valence electrons. The van der Waals surface area contributed by atoms with E-state index >= 15 is 0 Å². The highest BCUT2D eigenvalue weighted by Crippen LogP contribution is 2.48. The van der Waals surface area contributed by atoms with Gasteiger partial charge in [0.05, 0.1) is 20.3 Å². The Labute approximate surface area is 157 Å². The smallest absolute Gasteiger partial charge is 0.351 e. The zero-order valence-corrected chi connectivity index (χ0v) is 16.1. The van der Waals surface area contributed by atoms with Crippen molar-refractivity contribution in [3.8, 4) is 17.2 Å². The van der Waals surface area contributed by atoms with Crippen LogP contribution in [0.5, 0.6) is 17.2 Å². The molecule has 27 heavy (non-hydrogen) atoms. The Morgan fingerprint density at radius 2 is 1.81 bits per heavy atom. The Morgan fingerprint density at radius 1 is 1.22 bits per heavy atom. The lowest BCUT2D eigenvalue weighted by Gasteiger charge is -2.35. The molecule has 0 aromatic heterocycles. The molecule has 0 radical (unpaired) electrons. The minimum Gasteiger partial charge on any atom is -0.502 e. The van der Waals surface area contributed by atoms with Gasteiger partial charge in [-0.15, -0.1) is 0 Å². The minimum atomic E-state index is -1.82. The monoisotopic (exact) mass is 376 g/mol. The van der Waals surface area contributed by atoms with E-state index in [1.807, 2.05) is 0 Å². The maximum atomic E-state index is 13.0. The van der Waals surface area contributed by atoms with Crippen LogP contribution in [0.3, 0.4) is 0 Å². The van der Waals surface area contributed by atoms with Gasteiger partial charge in [-0.2, -0.15) is 0 Å². The van der Waals surface area contributed by atoms with Gasteiger partial charge in [0.1, 0.15) is 5.60 Å². The Kier molecular flexibility index (Phi) is 4.67. The van der Waals surface area contributed by atoms with E-state index in [-0.39, 0.29) is 35.6 Å². The number of hydrogen-bond donors (Lipinski definition) is 1. The van der Waals surface area contributed by atoms with Crippen molar-refractivity contribution in [3.05, 3.63) is 23.8 Å². The molecule has 1 saturated heterocycles. The first-order chi connectivity index (χ1) is 12.6. The third-order valence-corrected chi connectivity index (χ3v) is 4.59. The van der Waals surface area contributed by atoms with E-state index in [2.05, 4.69) is 0 Å². The molecule has 2 atom stereocenters. The Bertz CT molecular complexity index is 793. The molecule has 2 aliphatic rings. The van der Waals surface area contributed by atoms with Crippen LogP contribution >= 0.6 is 0 Å². The molecule has 2 aliphatic heterocycles. The van der Waals surface area contributed by atoms with Crippen molar-refractivity contribution in [2.45, 2.75) is 50.9 Å². The summed E-state index contributed by atoms with van der Waals surface area (Å²) in [7, 11) is 2.82. The first-order valence-electron chi connectivity index (χ1n) is 8.74.